The van der Waals surface area contributed by atoms with Gasteiger partial charge in [-0.3, -0.25) is 4.57 Å². The van der Waals surface area contributed by atoms with E-state index in [4.69, 9.17) is 5.26 Å². The van der Waals surface area contributed by atoms with Gasteiger partial charge < -0.3 is 0 Å². The Morgan fingerprint density at radius 1 is 1.29 bits per heavy atom. The maximum atomic E-state index is 12.4. The molecule has 2 rings (SSSR count). The second-order valence-corrected chi connectivity index (χ2v) is 3.11. The lowest BCUT2D eigenvalue weighted by atomic mass is 10.4. The first-order valence-electron chi connectivity index (χ1n) is 4.50. The van der Waals surface area contributed by atoms with Crippen LogP contribution in [-0.4, -0.2) is 14.5 Å². The lowest BCUT2D eigenvalue weighted by molar-refractivity contribution is -0.141. The minimum atomic E-state index is -4.53. The zero-order valence-electron chi connectivity index (χ0n) is 8.31. The Morgan fingerprint density at radius 3 is 2.71 bits per heavy atom. The fraction of sp³-hybridized carbons (Fsp3) is 0.100. The third-order valence-corrected chi connectivity index (χ3v) is 2.01. The maximum absolute atomic E-state index is 12.4. The molecule has 2 aromatic rings. The van der Waals surface area contributed by atoms with Crippen LogP contribution in [0, 0.1) is 11.3 Å². The topological polar surface area (TPSA) is 54.5 Å². The van der Waals surface area contributed by atoms with Gasteiger partial charge in [0.2, 0.25) is 5.95 Å². The quantitative estimate of drug-likeness (QED) is 0.764. The number of hydrogen-bond acceptors (Lipinski definition) is 3. The van der Waals surface area contributed by atoms with Gasteiger partial charge in [-0.15, -0.1) is 0 Å². The Bertz CT molecular complexity index is 580. The van der Waals surface area contributed by atoms with E-state index in [1.54, 1.807) is 0 Å². The number of rotatable bonds is 1. The lowest BCUT2D eigenvalue weighted by Crippen LogP contribution is -2.11. The lowest BCUT2D eigenvalue weighted by Gasteiger charge is -2.07. The fourth-order valence-corrected chi connectivity index (χ4v) is 1.27. The van der Waals surface area contributed by atoms with Gasteiger partial charge in [-0.25, -0.2) is 9.97 Å². The molecule has 0 saturated heterocycles. The molecular formula is C10H5F3N4. The third kappa shape index (κ3) is 2.10. The summed E-state index contributed by atoms with van der Waals surface area (Å²) in [5.74, 6) is -0.179. The molecule has 0 amide bonds. The van der Waals surface area contributed by atoms with Gasteiger partial charge in [-0.1, -0.05) is 0 Å². The highest BCUT2D eigenvalue weighted by Crippen LogP contribution is 2.27. The van der Waals surface area contributed by atoms with Gasteiger partial charge in [0.15, 0.2) is 0 Å². The average Bonchev–Trinajstić information content (AvgIpc) is 2.76. The van der Waals surface area contributed by atoms with Crippen LogP contribution < -0.4 is 0 Å². The van der Waals surface area contributed by atoms with Crippen LogP contribution in [0.3, 0.4) is 0 Å². The minimum Gasteiger partial charge on any atom is -0.276 e. The van der Waals surface area contributed by atoms with Crippen LogP contribution in [0.5, 0.6) is 0 Å². The molecule has 0 aliphatic rings. The van der Waals surface area contributed by atoms with Gasteiger partial charge >= 0.3 is 6.18 Å². The number of aromatic nitrogens is 3. The molecule has 0 aliphatic heterocycles. The predicted molar refractivity (Wildman–Crippen MR) is 51.1 cm³/mol. The number of nitriles is 1. The van der Waals surface area contributed by atoms with Crippen LogP contribution in [0.4, 0.5) is 13.2 Å². The van der Waals surface area contributed by atoms with Gasteiger partial charge in [-0.2, -0.15) is 18.4 Å². The van der Waals surface area contributed by atoms with Crippen molar-refractivity contribution in [3.8, 4) is 12.0 Å². The molecule has 0 radical (unpaired) electrons. The summed E-state index contributed by atoms with van der Waals surface area (Å²) in [6.07, 6.45) is -2.10. The predicted octanol–water partition coefficient (Wildman–Crippen LogP) is 2.16. The highest BCUT2D eigenvalue weighted by atomic mass is 19.4. The highest BCUT2D eigenvalue weighted by molar-refractivity contribution is 5.30. The van der Waals surface area contributed by atoms with Crippen molar-refractivity contribution >= 4 is 0 Å². The number of alkyl halides is 3. The fourth-order valence-electron chi connectivity index (χ4n) is 1.27. The second kappa shape index (κ2) is 3.90. The summed E-state index contributed by atoms with van der Waals surface area (Å²) < 4.78 is 38.5. The molecular weight excluding hydrogens is 233 g/mol. The summed E-state index contributed by atoms with van der Waals surface area (Å²) in [5.41, 5.74) is -0.871. The number of hydrogen-bond donors (Lipinski definition) is 0. The van der Waals surface area contributed by atoms with E-state index >= 15 is 0 Å². The van der Waals surface area contributed by atoms with Crippen molar-refractivity contribution in [1.82, 2.24) is 14.5 Å². The van der Waals surface area contributed by atoms with Crippen molar-refractivity contribution in [1.29, 1.82) is 5.26 Å². The van der Waals surface area contributed by atoms with Crippen molar-refractivity contribution in [2.24, 2.45) is 0 Å². The molecule has 86 valence electrons. The summed E-state index contributed by atoms with van der Waals surface area (Å²) >= 11 is 0. The largest absolute Gasteiger partial charge is 0.433 e. The zero-order valence-corrected chi connectivity index (χ0v) is 8.31. The van der Waals surface area contributed by atoms with E-state index in [-0.39, 0.29) is 11.6 Å². The van der Waals surface area contributed by atoms with Gasteiger partial charge in [0.1, 0.15) is 17.5 Å². The molecule has 0 N–H and O–H groups in total. The average molecular weight is 238 g/mol. The van der Waals surface area contributed by atoms with E-state index in [0.29, 0.717) is 0 Å². The van der Waals surface area contributed by atoms with Gasteiger partial charge in [0, 0.05) is 12.4 Å². The van der Waals surface area contributed by atoms with Crippen molar-refractivity contribution in [2.45, 2.75) is 6.18 Å². The molecule has 0 saturated carbocycles. The van der Waals surface area contributed by atoms with Crippen molar-refractivity contribution in [2.75, 3.05) is 0 Å². The molecule has 0 aliphatic carbocycles. The minimum absolute atomic E-state index is 0.171. The molecule has 0 bridgehead atoms. The molecule has 7 heteroatoms. The van der Waals surface area contributed by atoms with Crippen molar-refractivity contribution in [3.05, 3.63) is 42.0 Å². The van der Waals surface area contributed by atoms with Crippen LogP contribution in [0.15, 0.2) is 30.6 Å². The van der Waals surface area contributed by atoms with Crippen LogP contribution in [-0.2, 0) is 6.18 Å². The Balaban J connectivity index is 2.52. The molecule has 0 unspecified atom stereocenters. The monoisotopic (exact) mass is 238 g/mol. The zero-order chi connectivity index (χ0) is 12.5. The van der Waals surface area contributed by atoms with Crippen LogP contribution in [0.1, 0.15) is 11.4 Å². The smallest absolute Gasteiger partial charge is 0.276 e. The van der Waals surface area contributed by atoms with Crippen LogP contribution in [0.25, 0.3) is 5.95 Å². The summed E-state index contributed by atoms with van der Waals surface area (Å²) in [5, 5.41) is 8.75. The molecule has 17 heavy (non-hydrogen) atoms. The van der Waals surface area contributed by atoms with E-state index < -0.39 is 11.9 Å². The number of halogens is 3. The van der Waals surface area contributed by atoms with E-state index in [2.05, 4.69) is 9.97 Å². The Labute approximate surface area is 94.0 Å². The van der Waals surface area contributed by atoms with Gasteiger partial charge in [-0.05, 0) is 18.2 Å². The molecule has 0 aromatic carbocycles. The normalized spacial score (nSPS) is 11.2. The van der Waals surface area contributed by atoms with E-state index in [9.17, 15) is 13.2 Å². The summed E-state index contributed by atoms with van der Waals surface area (Å²) in [6, 6.07) is 5.60. The van der Waals surface area contributed by atoms with Gasteiger partial charge in [0.05, 0.1) is 0 Å². The third-order valence-electron chi connectivity index (χ3n) is 2.01. The molecule has 0 spiro atoms. The Hall–Kier alpha value is -2.36. The summed E-state index contributed by atoms with van der Waals surface area (Å²) in [6.45, 7) is 0. The molecule has 0 atom stereocenters. The van der Waals surface area contributed by atoms with E-state index in [0.717, 1.165) is 12.3 Å². The van der Waals surface area contributed by atoms with Crippen molar-refractivity contribution < 1.29 is 13.2 Å². The van der Waals surface area contributed by atoms with Gasteiger partial charge in [0.25, 0.3) is 0 Å². The standard InChI is InChI=1S/C10H5F3N4/c11-10(12,13)8-3-4-15-9(16-8)17-5-1-2-7(17)6-14/h1-5H. The molecule has 2 aromatic heterocycles. The maximum Gasteiger partial charge on any atom is 0.433 e. The second-order valence-electron chi connectivity index (χ2n) is 3.11. The summed E-state index contributed by atoms with van der Waals surface area (Å²) in [7, 11) is 0. The van der Waals surface area contributed by atoms with Crippen LogP contribution in [0.2, 0.25) is 0 Å². The molecule has 4 nitrogen and oxygen atoms in total. The van der Waals surface area contributed by atoms with Crippen molar-refractivity contribution in [3.63, 3.8) is 0 Å². The van der Waals surface area contributed by atoms with E-state index in [1.807, 2.05) is 6.07 Å². The first-order valence-corrected chi connectivity index (χ1v) is 4.50. The Kier molecular flexibility index (Phi) is 2.55. The van der Waals surface area contributed by atoms with E-state index in [1.165, 1.54) is 22.9 Å². The summed E-state index contributed by atoms with van der Waals surface area (Å²) in [4.78, 5) is 7.08. The SMILES string of the molecule is N#Cc1cccn1-c1nccc(C(F)(F)F)n1. The highest BCUT2D eigenvalue weighted by Gasteiger charge is 2.32. The number of nitrogens with zero attached hydrogens (tertiary/aromatic N) is 4. The van der Waals surface area contributed by atoms with Crippen LogP contribution >= 0.6 is 0 Å². The first kappa shape index (κ1) is 11.1. The first-order chi connectivity index (χ1) is 8.02. The Morgan fingerprint density at radius 2 is 2.06 bits per heavy atom. The molecule has 0 fully saturated rings. The molecule has 2 heterocycles.